The average Bonchev–Trinajstić information content (AvgIpc) is 2.37. The Kier molecular flexibility index (Phi) is 4.18. The third-order valence-electron chi connectivity index (χ3n) is 2.46. The standard InChI is InChI=1S/C14H14O5/c1-10(15)17-7-2-8-18-12-5-3-11-4-6-14(16)19-13(11)9-12/h3-6,9H,2,7-8H2,1H3. The maximum absolute atomic E-state index is 11.1. The number of benzene rings is 1. The second kappa shape index (κ2) is 6.04. The van der Waals surface area contributed by atoms with Gasteiger partial charge in [-0.05, 0) is 18.2 Å². The van der Waals surface area contributed by atoms with Crippen LogP contribution >= 0.6 is 0 Å². The van der Waals surface area contributed by atoms with Crippen molar-refractivity contribution in [2.45, 2.75) is 13.3 Å². The summed E-state index contributed by atoms with van der Waals surface area (Å²) >= 11 is 0. The van der Waals surface area contributed by atoms with Crippen molar-refractivity contribution in [3.8, 4) is 5.75 Å². The minimum Gasteiger partial charge on any atom is -0.493 e. The lowest BCUT2D eigenvalue weighted by atomic mass is 10.2. The van der Waals surface area contributed by atoms with Crippen LogP contribution in [-0.2, 0) is 9.53 Å². The van der Waals surface area contributed by atoms with Crippen molar-refractivity contribution >= 4 is 16.9 Å². The van der Waals surface area contributed by atoms with Crippen molar-refractivity contribution in [3.63, 3.8) is 0 Å². The lowest BCUT2D eigenvalue weighted by molar-refractivity contribution is -0.141. The Morgan fingerprint density at radius 2 is 2.00 bits per heavy atom. The molecule has 19 heavy (non-hydrogen) atoms. The lowest BCUT2D eigenvalue weighted by Gasteiger charge is -2.06. The van der Waals surface area contributed by atoms with Gasteiger partial charge < -0.3 is 13.9 Å². The first-order chi connectivity index (χ1) is 9.15. The smallest absolute Gasteiger partial charge is 0.336 e. The molecule has 1 heterocycles. The summed E-state index contributed by atoms with van der Waals surface area (Å²) < 4.78 is 15.3. The number of carbonyl (C=O) groups is 1. The fourth-order valence-corrected chi connectivity index (χ4v) is 1.60. The van der Waals surface area contributed by atoms with Crippen molar-refractivity contribution < 1.29 is 18.7 Å². The highest BCUT2D eigenvalue weighted by Gasteiger charge is 2.00. The molecule has 0 fully saturated rings. The predicted molar refractivity (Wildman–Crippen MR) is 69.2 cm³/mol. The van der Waals surface area contributed by atoms with E-state index in [2.05, 4.69) is 0 Å². The number of carbonyl (C=O) groups excluding carboxylic acids is 1. The molecule has 0 aliphatic heterocycles. The van der Waals surface area contributed by atoms with Crippen molar-refractivity contribution in [2.24, 2.45) is 0 Å². The van der Waals surface area contributed by atoms with Crippen molar-refractivity contribution in [2.75, 3.05) is 13.2 Å². The molecule has 1 aromatic heterocycles. The zero-order valence-electron chi connectivity index (χ0n) is 10.5. The number of esters is 1. The van der Waals surface area contributed by atoms with Crippen LogP contribution in [-0.4, -0.2) is 19.2 Å². The van der Waals surface area contributed by atoms with E-state index in [9.17, 15) is 9.59 Å². The predicted octanol–water partition coefficient (Wildman–Crippen LogP) is 2.12. The molecule has 0 amide bonds. The summed E-state index contributed by atoms with van der Waals surface area (Å²) in [5.74, 6) is 0.317. The van der Waals surface area contributed by atoms with Gasteiger partial charge in [0.25, 0.3) is 0 Å². The number of fused-ring (bicyclic) bond motifs is 1. The molecular formula is C14H14O5. The van der Waals surface area contributed by atoms with E-state index < -0.39 is 0 Å². The number of hydrogen-bond donors (Lipinski definition) is 0. The Morgan fingerprint density at radius 1 is 1.21 bits per heavy atom. The zero-order chi connectivity index (χ0) is 13.7. The monoisotopic (exact) mass is 262 g/mol. The first-order valence-corrected chi connectivity index (χ1v) is 5.95. The van der Waals surface area contributed by atoms with E-state index >= 15 is 0 Å². The van der Waals surface area contributed by atoms with Crippen LogP contribution in [0.25, 0.3) is 11.0 Å². The summed E-state index contributed by atoms with van der Waals surface area (Å²) in [7, 11) is 0. The molecule has 0 atom stereocenters. The highest BCUT2D eigenvalue weighted by atomic mass is 16.5. The van der Waals surface area contributed by atoms with Gasteiger partial charge in [0.1, 0.15) is 11.3 Å². The summed E-state index contributed by atoms with van der Waals surface area (Å²) in [4.78, 5) is 21.7. The largest absolute Gasteiger partial charge is 0.493 e. The van der Waals surface area contributed by atoms with Gasteiger partial charge in [0.05, 0.1) is 13.2 Å². The molecule has 0 N–H and O–H groups in total. The molecular weight excluding hydrogens is 248 g/mol. The van der Waals surface area contributed by atoms with Crippen LogP contribution in [0.3, 0.4) is 0 Å². The van der Waals surface area contributed by atoms with Crippen LogP contribution in [0.2, 0.25) is 0 Å². The SMILES string of the molecule is CC(=O)OCCCOc1ccc2ccc(=O)oc2c1. The Balaban J connectivity index is 1.94. The van der Waals surface area contributed by atoms with Crippen LogP contribution in [0.15, 0.2) is 39.5 Å². The minimum absolute atomic E-state index is 0.299. The maximum Gasteiger partial charge on any atom is 0.336 e. The van der Waals surface area contributed by atoms with E-state index in [1.54, 1.807) is 18.2 Å². The van der Waals surface area contributed by atoms with Crippen LogP contribution < -0.4 is 10.4 Å². The van der Waals surface area contributed by atoms with Crippen molar-refractivity contribution in [1.29, 1.82) is 0 Å². The van der Waals surface area contributed by atoms with Gasteiger partial charge >= 0.3 is 11.6 Å². The fraction of sp³-hybridized carbons (Fsp3) is 0.286. The third-order valence-corrected chi connectivity index (χ3v) is 2.46. The molecule has 1 aromatic carbocycles. The van der Waals surface area contributed by atoms with E-state index in [0.717, 1.165) is 5.39 Å². The quantitative estimate of drug-likeness (QED) is 0.469. The van der Waals surface area contributed by atoms with E-state index in [0.29, 0.717) is 31.0 Å². The third kappa shape index (κ3) is 3.84. The molecule has 0 radical (unpaired) electrons. The van der Waals surface area contributed by atoms with Crippen LogP contribution in [0, 0.1) is 0 Å². The Labute approximate surface area is 109 Å². The molecule has 0 spiro atoms. The zero-order valence-corrected chi connectivity index (χ0v) is 10.5. The van der Waals surface area contributed by atoms with Crippen LogP contribution in [0.5, 0.6) is 5.75 Å². The molecule has 0 bridgehead atoms. The highest BCUT2D eigenvalue weighted by Crippen LogP contribution is 2.19. The lowest BCUT2D eigenvalue weighted by Crippen LogP contribution is -2.05. The van der Waals surface area contributed by atoms with Crippen molar-refractivity contribution in [3.05, 3.63) is 40.8 Å². The minimum atomic E-state index is -0.389. The summed E-state index contributed by atoms with van der Waals surface area (Å²) in [6.45, 7) is 2.13. The molecule has 0 saturated heterocycles. The second-order valence-electron chi connectivity index (χ2n) is 4.00. The molecule has 0 aliphatic rings. The van der Waals surface area contributed by atoms with Crippen LogP contribution in [0.1, 0.15) is 13.3 Å². The first kappa shape index (κ1) is 13.1. The Morgan fingerprint density at radius 3 is 2.79 bits per heavy atom. The molecule has 2 rings (SSSR count). The summed E-state index contributed by atoms with van der Waals surface area (Å²) in [5, 5.41) is 0.840. The Hall–Kier alpha value is -2.30. The number of ether oxygens (including phenoxy) is 2. The van der Waals surface area contributed by atoms with Gasteiger partial charge in [0.15, 0.2) is 0 Å². The van der Waals surface area contributed by atoms with Gasteiger partial charge in [-0.1, -0.05) is 0 Å². The Bertz CT molecular complexity index is 629. The first-order valence-electron chi connectivity index (χ1n) is 5.95. The molecule has 5 heteroatoms. The highest BCUT2D eigenvalue weighted by molar-refractivity contribution is 5.77. The van der Waals surface area contributed by atoms with Crippen molar-refractivity contribution in [1.82, 2.24) is 0 Å². The second-order valence-corrected chi connectivity index (χ2v) is 4.00. The van der Waals surface area contributed by atoms with Crippen LogP contribution in [0.4, 0.5) is 0 Å². The molecule has 100 valence electrons. The number of hydrogen-bond acceptors (Lipinski definition) is 5. The molecule has 5 nitrogen and oxygen atoms in total. The topological polar surface area (TPSA) is 65.7 Å². The van der Waals surface area contributed by atoms with Gasteiger partial charge in [-0.25, -0.2) is 4.79 Å². The number of rotatable bonds is 5. The average molecular weight is 262 g/mol. The normalized spacial score (nSPS) is 10.4. The van der Waals surface area contributed by atoms with E-state index in [4.69, 9.17) is 13.9 Å². The molecule has 0 saturated carbocycles. The summed E-state index contributed by atoms with van der Waals surface area (Å²) in [6.07, 6.45) is 0.607. The van der Waals surface area contributed by atoms with Gasteiger partial charge in [0.2, 0.25) is 0 Å². The summed E-state index contributed by atoms with van der Waals surface area (Å²) in [5.41, 5.74) is 0.101. The summed E-state index contributed by atoms with van der Waals surface area (Å²) in [6, 6.07) is 8.37. The van der Waals surface area contributed by atoms with Gasteiger partial charge in [0, 0.05) is 30.9 Å². The van der Waals surface area contributed by atoms with E-state index in [-0.39, 0.29) is 11.6 Å². The maximum atomic E-state index is 11.1. The van der Waals surface area contributed by atoms with E-state index in [1.807, 2.05) is 6.07 Å². The molecule has 0 aliphatic carbocycles. The molecule has 0 unspecified atom stereocenters. The van der Waals surface area contributed by atoms with Gasteiger partial charge in [-0.3, -0.25) is 4.79 Å². The fourth-order valence-electron chi connectivity index (χ4n) is 1.60. The van der Waals surface area contributed by atoms with E-state index in [1.165, 1.54) is 13.0 Å². The molecule has 2 aromatic rings. The van der Waals surface area contributed by atoms with Gasteiger partial charge in [-0.15, -0.1) is 0 Å². The van der Waals surface area contributed by atoms with Gasteiger partial charge in [-0.2, -0.15) is 0 Å².